The summed E-state index contributed by atoms with van der Waals surface area (Å²) in [6.45, 7) is 0.249. The average molecular weight is 305 g/mol. The lowest BCUT2D eigenvalue weighted by Gasteiger charge is -2.17. The van der Waals surface area contributed by atoms with Gasteiger partial charge in [-0.15, -0.1) is 0 Å². The molecule has 1 aliphatic heterocycles. The summed E-state index contributed by atoms with van der Waals surface area (Å²) in [7, 11) is 0. The molecule has 0 aliphatic carbocycles. The third-order valence-electron chi connectivity index (χ3n) is 3.19. The van der Waals surface area contributed by atoms with Gasteiger partial charge in [-0.3, -0.25) is 15.0 Å². The van der Waals surface area contributed by atoms with Crippen molar-refractivity contribution in [2.45, 2.75) is 18.9 Å². The first-order chi connectivity index (χ1) is 10.5. The normalized spacial score (nSPS) is 15.3. The van der Waals surface area contributed by atoms with Gasteiger partial charge < -0.3 is 10.4 Å². The molecule has 1 heterocycles. The summed E-state index contributed by atoms with van der Waals surface area (Å²) in [4.78, 5) is 47.1. The monoisotopic (exact) mass is 305 g/mol. The van der Waals surface area contributed by atoms with Crippen LogP contribution in [0.2, 0.25) is 0 Å². The van der Waals surface area contributed by atoms with Gasteiger partial charge in [-0.1, -0.05) is 30.3 Å². The van der Waals surface area contributed by atoms with E-state index < -0.39 is 24.1 Å². The van der Waals surface area contributed by atoms with Crippen LogP contribution < -0.4 is 10.6 Å². The molecule has 1 fully saturated rings. The van der Waals surface area contributed by atoms with Crippen LogP contribution in [0.15, 0.2) is 30.3 Å². The second kappa shape index (κ2) is 6.70. The van der Waals surface area contributed by atoms with Crippen LogP contribution in [0.5, 0.6) is 0 Å². The molecule has 1 atom stereocenters. The maximum atomic E-state index is 11.8. The molecule has 8 nitrogen and oxygen atoms in total. The lowest BCUT2D eigenvalue weighted by Crippen LogP contribution is -2.49. The predicted octanol–water partition coefficient (Wildman–Crippen LogP) is 0.854. The number of nitrogens with zero attached hydrogens (tertiary/aromatic N) is 1. The van der Waals surface area contributed by atoms with Crippen molar-refractivity contribution in [2.24, 2.45) is 0 Å². The van der Waals surface area contributed by atoms with E-state index in [9.17, 15) is 24.3 Å². The van der Waals surface area contributed by atoms with E-state index in [1.54, 1.807) is 30.3 Å². The topological polar surface area (TPSA) is 116 Å². The van der Waals surface area contributed by atoms with Crippen LogP contribution in [0.25, 0.3) is 0 Å². The average Bonchev–Trinajstić information content (AvgIpc) is 2.91. The third kappa shape index (κ3) is 3.60. The summed E-state index contributed by atoms with van der Waals surface area (Å²) in [5.41, 5.74) is 0.370. The highest BCUT2D eigenvalue weighted by Crippen LogP contribution is 2.13. The molecule has 0 spiro atoms. The first-order valence-electron chi connectivity index (χ1n) is 6.68. The van der Waals surface area contributed by atoms with Gasteiger partial charge in [0.15, 0.2) is 6.04 Å². The van der Waals surface area contributed by atoms with Crippen molar-refractivity contribution in [1.29, 1.82) is 0 Å². The van der Waals surface area contributed by atoms with Crippen molar-refractivity contribution in [1.82, 2.24) is 15.5 Å². The summed E-state index contributed by atoms with van der Waals surface area (Å²) in [6, 6.07) is 4.97. The van der Waals surface area contributed by atoms with E-state index in [0.717, 1.165) is 4.90 Å². The fourth-order valence-corrected chi connectivity index (χ4v) is 2.13. The number of likely N-dealkylation sites (tertiary alicyclic amines) is 1. The first kappa shape index (κ1) is 15.5. The van der Waals surface area contributed by atoms with Gasteiger partial charge in [0.2, 0.25) is 5.91 Å². The van der Waals surface area contributed by atoms with Crippen molar-refractivity contribution < 1.29 is 24.3 Å². The minimum absolute atomic E-state index is 0.249. The first-order valence-corrected chi connectivity index (χ1v) is 6.68. The lowest BCUT2D eigenvalue weighted by molar-refractivity contribution is -0.139. The standard InChI is InChI=1S/C14H15N3O5/c18-10-7-4-8-17(10)14(22)16-13(21)15-11(12(19)20)9-5-2-1-3-6-9/h1-3,5-6,11H,4,7-8H2,(H,19,20)(H2,15,16,21,22). The Morgan fingerprint density at radius 1 is 1.18 bits per heavy atom. The number of benzene rings is 1. The highest BCUT2D eigenvalue weighted by Gasteiger charge is 2.29. The summed E-state index contributed by atoms with van der Waals surface area (Å²) < 4.78 is 0. The Balaban J connectivity index is 1.98. The number of aliphatic carboxylic acids is 1. The van der Waals surface area contributed by atoms with Crippen LogP contribution in [0.1, 0.15) is 24.4 Å². The van der Waals surface area contributed by atoms with Crippen molar-refractivity contribution in [3.05, 3.63) is 35.9 Å². The molecule has 0 aromatic heterocycles. The zero-order chi connectivity index (χ0) is 16.1. The van der Waals surface area contributed by atoms with Gasteiger partial charge in [0, 0.05) is 13.0 Å². The van der Waals surface area contributed by atoms with E-state index >= 15 is 0 Å². The van der Waals surface area contributed by atoms with E-state index in [-0.39, 0.29) is 18.9 Å². The van der Waals surface area contributed by atoms with E-state index in [1.807, 2.05) is 5.32 Å². The zero-order valence-electron chi connectivity index (χ0n) is 11.6. The number of carboxylic acids is 1. The summed E-state index contributed by atoms with van der Waals surface area (Å²) >= 11 is 0. The number of hydrogen-bond acceptors (Lipinski definition) is 4. The summed E-state index contributed by atoms with van der Waals surface area (Å²) in [6.07, 6.45) is 0.812. The summed E-state index contributed by atoms with van der Waals surface area (Å²) in [5, 5.41) is 13.3. The smallest absolute Gasteiger partial charge is 0.332 e. The zero-order valence-corrected chi connectivity index (χ0v) is 11.6. The minimum Gasteiger partial charge on any atom is -0.479 e. The Labute approximate surface area is 126 Å². The van der Waals surface area contributed by atoms with E-state index in [0.29, 0.717) is 12.0 Å². The van der Waals surface area contributed by atoms with Crippen molar-refractivity contribution >= 4 is 23.9 Å². The van der Waals surface area contributed by atoms with Gasteiger partial charge in [0.05, 0.1) is 0 Å². The van der Waals surface area contributed by atoms with Crippen molar-refractivity contribution in [3.63, 3.8) is 0 Å². The van der Waals surface area contributed by atoms with Gasteiger partial charge in [0.25, 0.3) is 0 Å². The van der Waals surface area contributed by atoms with Crippen molar-refractivity contribution in [3.8, 4) is 0 Å². The molecule has 5 amide bonds. The Hall–Kier alpha value is -2.90. The number of rotatable bonds is 3. The van der Waals surface area contributed by atoms with Gasteiger partial charge in [-0.2, -0.15) is 0 Å². The van der Waals surface area contributed by atoms with Gasteiger partial charge in [-0.05, 0) is 12.0 Å². The molecule has 0 bridgehead atoms. The Bertz CT molecular complexity index is 602. The van der Waals surface area contributed by atoms with Crippen molar-refractivity contribution in [2.75, 3.05) is 6.54 Å². The fourth-order valence-electron chi connectivity index (χ4n) is 2.13. The number of nitrogens with one attached hydrogen (secondary N) is 2. The molecular weight excluding hydrogens is 290 g/mol. The number of imide groups is 2. The molecule has 0 radical (unpaired) electrons. The highest BCUT2D eigenvalue weighted by atomic mass is 16.4. The van der Waals surface area contributed by atoms with E-state index in [4.69, 9.17) is 0 Å². The number of hydrogen-bond donors (Lipinski definition) is 3. The number of urea groups is 2. The second-order valence-electron chi connectivity index (χ2n) is 4.73. The molecule has 2 rings (SSSR count). The Kier molecular flexibility index (Phi) is 4.72. The Morgan fingerprint density at radius 3 is 2.41 bits per heavy atom. The van der Waals surface area contributed by atoms with Gasteiger partial charge in [0.1, 0.15) is 0 Å². The molecular formula is C14H15N3O5. The van der Waals surface area contributed by atoms with E-state index in [1.165, 1.54) is 0 Å². The second-order valence-corrected chi connectivity index (χ2v) is 4.73. The third-order valence-corrected chi connectivity index (χ3v) is 3.19. The highest BCUT2D eigenvalue weighted by molar-refractivity contribution is 6.03. The quantitative estimate of drug-likeness (QED) is 0.765. The van der Waals surface area contributed by atoms with Crippen LogP contribution in [-0.4, -0.2) is 40.5 Å². The minimum atomic E-state index is -1.29. The number of carbonyl (C=O) groups is 4. The van der Waals surface area contributed by atoms with Gasteiger partial charge in [-0.25, -0.2) is 14.4 Å². The molecule has 3 N–H and O–H groups in total. The maximum Gasteiger partial charge on any atom is 0.332 e. The molecule has 116 valence electrons. The molecule has 1 aliphatic rings. The van der Waals surface area contributed by atoms with E-state index in [2.05, 4.69) is 5.32 Å². The molecule has 8 heteroatoms. The van der Waals surface area contributed by atoms with Crippen LogP contribution in [0, 0.1) is 0 Å². The number of carboxylic acid groups (broad SMARTS) is 1. The molecule has 22 heavy (non-hydrogen) atoms. The SMILES string of the molecule is O=C(NC(=O)N1CCCC1=O)NC(C(=O)O)c1ccccc1. The van der Waals surface area contributed by atoms with Crippen LogP contribution >= 0.6 is 0 Å². The van der Waals surface area contributed by atoms with Gasteiger partial charge >= 0.3 is 18.0 Å². The fraction of sp³-hybridized carbons (Fsp3) is 0.286. The predicted molar refractivity (Wildman–Crippen MR) is 74.8 cm³/mol. The molecule has 1 aromatic carbocycles. The molecule has 0 saturated carbocycles. The molecule has 1 saturated heterocycles. The number of amides is 5. The van der Waals surface area contributed by atoms with Crippen LogP contribution in [-0.2, 0) is 9.59 Å². The molecule has 1 unspecified atom stereocenters. The summed E-state index contributed by atoms with van der Waals surface area (Å²) in [5.74, 6) is -1.62. The number of carbonyl (C=O) groups excluding carboxylic acids is 3. The maximum absolute atomic E-state index is 11.8. The van der Waals surface area contributed by atoms with Crippen LogP contribution in [0.3, 0.4) is 0 Å². The van der Waals surface area contributed by atoms with Crippen LogP contribution in [0.4, 0.5) is 9.59 Å². The molecule has 1 aromatic rings. The lowest BCUT2D eigenvalue weighted by atomic mass is 10.1. The largest absolute Gasteiger partial charge is 0.479 e. The Morgan fingerprint density at radius 2 is 1.86 bits per heavy atom.